The van der Waals surface area contributed by atoms with E-state index in [2.05, 4.69) is 5.32 Å². The number of amides is 1. The van der Waals surface area contributed by atoms with E-state index in [0.29, 0.717) is 12.0 Å². The van der Waals surface area contributed by atoms with E-state index in [1.807, 2.05) is 45.9 Å². The second kappa shape index (κ2) is 7.25. The summed E-state index contributed by atoms with van der Waals surface area (Å²) in [6, 6.07) is 7.07. The van der Waals surface area contributed by atoms with E-state index in [0.717, 1.165) is 12.0 Å². The maximum Gasteiger partial charge on any atom is 0.305 e. The fourth-order valence-corrected chi connectivity index (χ4v) is 2.44. The van der Waals surface area contributed by atoms with E-state index in [1.54, 1.807) is 6.07 Å². The van der Waals surface area contributed by atoms with Crippen molar-refractivity contribution in [3.63, 3.8) is 0 Å². The molecular weight excluding hydrogens is 266 g/mol. The maximum atomic E-state index is 12.4. The highest BCUT2D eigenvalue weighted by Crippen LogP contribution is 2.22. The average Bonchev–Trinajstić information content (AvgIpc) is 2.35. The van der Waals surface area contributed by atoms with Crippen LogP contribution in [0.5, 0.6) is 0 Å². The van der Waals surface area contributed by atoms with Gasteiger partial charge in [-0.15, -0.1) is 0 Å². The second-order valence-corrected chi connectivity index (χ2v) is 6.54. The minimum Gasteiger partial charge on any atom is -0.481 e. The molecule has 0 heterocycles. The molecule has 1 atom stereocenters. The third-order valence-electron chi connectivity index (χ3n) is 3.26. The first-order valence-electron chi connectivity index (χ1n) is 7.33. The lowest BCUT2D eigenvalue weighted by atomic mass is 9.87. The molecule has 1 rings (SSSR count). The number of benzene rings is 1. The van der Waals surface area contributed by atoms with Gasteiger partial charge in [0.1, 0.15) is 0 Å². The smallest absolute Gasteiger partial charge is 0.305 e. The normalized spacial score (nSPS) is 12.8. The van der Waals surface area contributed by atoms with E-state index >= 15 is 0 Å². The molecule has 0 bridgehead atoms. The summed E-state index contributed by atoms with van der Waals surface area (Å²) in [4.78, 5) is 23.4. The van der Waals surface area contributed by atoms with Gasteiger partial charge >= 0.3 is 5.97 Å². The summed E-state index contributed by atoms with van der Waals surface area (Å²) in [5, 5.41) is 11.9. The van der Waals surface area contributed by atoms with Crippen LogP contribution in [0.4, 0.5) is 0 Å². The SMILES string of the molecule is CCc1ccccc1C(=O)NC(CC(=O)O)CC(C)(C)C. The highest BCUT2D eigenvalue weighted by atomic mass is 16.4. The number of aryl methyl sites for hydroxylation is 1. The quantitative estimate of drug-likeness (QED) is 0.845. The van der Waals surface area contributed by atoms with Gasteiger partial charge in [-0.25, -0.2) is 0 Å². The number of nitrogens with one attached hydrogen (secondary N) is 1. The van der Waals surface area contributed by atoms with Crippen LogP contribution in [0.15, 0.2) is 24.3 Å². The number of carboxylic acids is 1. The summed E-state index contributed by atoms with van der Waals surface area (Å²) >= 11 is 0. The Kier molecular flexibility index (Phi) is 5.94. The Morgan fingerprint density at radius 1 is 1.24 bits per heavy atom. The van der Waals surface area contributed by atoms with Crippen LogP contribution in [0.3, 0.4) is 0 Å². The molecule has 0 aliphatic rings. The summed E-state index contributed by atoms with van der Waals surface area (Å²) in [7, 11) is 0. The summed E-state index contributed by atoms with van der Waals surface area (Å²) in [6.45, 7) is 8.10. The Morgan fingerprint density at radius 3 is 2.38 bits per heavy atom. The molecular formula is C17H25NO3. The van der Waals surface area contributed by atoms with Gasteiger partial charge in [0, 0.05) is 11.6 Å². The van der Waals surface area contributed by atoms with Gasteiger partial charge in [0.2, 0.25) is 0 Å². The summed E-state index contributed by atoms with van der Waals surface area (Å²) < 4.78 is 0. The van der Waals surface area contributed by atoms with Crippen molar-refractivity contribution in [1.82, 2.24) is 5.32 Å². The fraction of sp³-hybridized carbons (Fsp3) is 0.529. The van der Waals surface area contributed by atoms with E-state index in [1.165, 1.54) is 0 Å². The zero-order valence-corrected chi connectivity index (χ0v) is 13.3. The van der Waals surface area contributed by atoms with Gasteiger partial charge in [0.05, 0.1) is 6.42 Å². The topological polar surface area (TPSA) is 66.4 Å². The van der Waals surface area contributed by atoms with Crippen molar-refractivity contribution in [1.29, 1.82) is 0 Å². The van der Waals surface area contributed by atoms with E-state index < -0.39 is 5.97 Å². The lowest BCUT2D eigenvalue weighted by Gasteiger charge is -2.26. The van der Waals surface area contributed by atoms with Crippen LogP contribution in [0.25, 0.3) is 0 Å². The molecule has 4 nitrogen and oxygen atoms in total. The first-order valence-corrected chi connectivity index (χ1v) is 7.33. The molecule has 0 aromatic heterocycles. The number of carboxylic acid groups (broad SMARTS) is 1. The molecule has 0 saturated carbocycles. The molecule has 1 unspecified atom stereocenters. The van der Waals surface area contributed by atoms with Crippen molar-refractivity contribution in [3.05, 3.63) is 35.4 Å². The number of aliphatic carboxylic acids is 1. The average molecular weight is 291 g/mol. The summed E-state index contributed by atoms with van der Waals surface area (Å²) in [6.07, 6.45) is 1.34. The van der Waals surface area contributed by atoms with Crippen molar-refractivity contribution in [2.75, 3.05) is 0 Å². The molecule has 0 aliphatic carbocycles. The van der Waals surface area contributed by atoms with Crippen molar-refractivity contribution in [2.24, 2.45) is 5.41 Å². The molecule has 0 radical (unpaired) electrons. The van der Waals surface area contributed by atoms with Gasteiger partial charge in [0.15, 0.2) is 0 Å². The van der Waals surface area contributed by atoms with E-state index in [4.69, 9.17) is 5.11 Å². The highest BCUT2D eigenvalue weighted by molar-refractivity contribution is 5.96. The highest BCUT2D eigenvalue weighted by Gasteiger charge is 2.23. The molecule has 0 spiro atoms. The zero-order valence-electron chi connectivity index (χ0n) is 13.3. The van der Waals surface area contributed by atoms with Gasteiger partial charge in [0.25, 0.3) is 5.91 Å². The number of carbonyl (C=O) groups is 2. The van der Waals surface area contributed by atoms with Gasteiger partial charge in [-0.2, -0.15) is 0 Å². The number of carbonyl (C=O) groups excluding carboxylic acids is 1. The first-order chi connectivity index (χ1) is 9.73. The Labute approximate surface area is 126 Å². The van der Waals surface area contributed by atoms with Crippen LogP contribution in [0, 0.1) is 5.41 Å². The molecule has 4 heteroatoms. The minimum absolute atomic E-state index is 0.0440. The lowest BCUT2D eigenvalue weighted by Crippen LogP contribution is -2.39. The standard InChI is InChI=1S/C17H25NO3/c1-5-12-8-6-7-9-14(12)16(21)18-13(10-15(19)20)11-17(2,3)4/h6-9,13H,5,10-11H2,1-4H3,(H,18,21)(H,19,20). The summed E-state index contributed by atoms with van der Waals surface area (Å²) in [5.41, 5.74) is 1.56. The first kappa shape index (κ1) is 17.2. The molecule has 2 N–H and O–H groups in total. The monoisotopic (exact) mass is 291 g/mol. The molecule has 21 heavy (non-hydrogen) atoms. The largest absolute Gasteiger partial charge is 0.481 e. The fourth-order valence-electron chi connectivity index (χ4n) is 2.44. The predicted molar refractivity (Wildman–Crippen MR) is 83.4 cm³/mol. The predicted octanol–water partition coefficient (Wildman–Crippen LogP) is 3.26. The lowest BCUT2D eigenvalue weighted by molar-refractivity contribution is -0.137. The number of hydrogen-bond acceptors (Lipinski definition) is 2. The van der Waals surface area contributed by atoms with Crippen molar-refractivity contribution in [2.45, 2.75) is 53.0 Å². The Balaban J connectivity index is 2.86. The van der Waals surface area contributed by atoms with Crippen LogP contribution in [0.2, 0.25) is 0 Å². The molecule has 0 fully saturated rings. The van der Waals surface area contributed by atoms with E-state index in [-0.39, 0.29) is 23.8 Å². The van der Waals surface area contributed by atoms with Crippen LogP contribution >= 0.6 is 0 Å². The van der Waals surface area contributed by atoms with Crippen molar-refractivity contribution < 1.29 is 14.7 Å². The van der Waals surface area contributed by atoms with Crippen molar-refractivity contribution >= 4 is 11.9 Å². The molecule has 1 aromatic carbocycles. The minimum atomic E-state index is -0.895. The van der Waals surface area contributed by atoms with Gasteiger partial charge in [-0.05, 0) is 29.9 Å². The van der Waals surface area contributed by atoms with Crippen LogP contribution in [0.1, 0.15) is 56.5 Å². The summed E-state index contributed by atoms with van der Waals surface area (Å²) in [5.74, 6) is -1.09. The molecule has 1 aromatic rings. The third kappa shape index (κ3) is 5.98. The molecule has 0 saturated heterocycles. The van der Waals surface area contributed by atoms with Gasteiger partial charge < -0.3 is 10.4 Å². The van der Waals surface area contributed by atoms with Gasteiger partial charge in [-0.3, -0.25) is 9.59 Å². The van der Waals surface area contributed by atoms with Crippen LogP contribution in [-0.4, -0.2) is 23.0 Å². The molecule has 116 valence electrons. The molecule has 1 amide bonds. The van der Waals surface area contributed by atoms with Gasteiger partial charge in [-0.1, -0.05) is 45.9 Å². The molecule has 0 aliphatic heterocycles. The Hall–Kier alpha value is -1.84. The van der Waals surface area contributed by atoms with Crippen LogP contribution < -0.4 is 5.32 Å². The van der Waals surface area contributed by atoms with Crippen LogP contribution in [-0.2, 0) is 11.2 Å². The third-order valence-corrected chi connectivity index (χ3v) is 3.26. The number of rotatable bonds is 6. The number of hydrogen-bond donors (Lipinski definition) is 2. The Morgan fingerprint density at radius 2 is 1.86 bits per heavy atom. The maximum absolute atomic E-state index is 12.4. The Bertz CT molecular complexity index is 503. The van der Waals surface area contributed by atoms with E-state index in [9.17, 15) is 9.59 Å². The zero-order chi connectivity index (χ0) is 16.0. The second-order valence-electron chi connectivity index (χ2n) is 6.54. The van der Waals surface area contributed by atoms with Crippen molar-refractivity contribution in [3.8, 4) is 0 Å².